The minimum atomic E-state index is -0.624. The van der Waals surface area contributed by atoms with Gasteiger partial charge in [0.05, 0.1) is 12.1 Å². The molecule has 2 heterocycles. The first-order valence-corrected chi connectivity index (χ1v) is 13.1. The van der Waals surface area contributed by atoms with Crippen molar-refractivity contribution in [2.75, 3.05) is 13.1 Å². The van der Waals surface area contributed by atoms with Crippen LogP contribution in [0.2, 0.25) is 0 Å². The lowest BCUT2D eigenvalue weighted by Crippen LogP contribution is -2.66. The maximum absolute atomic E-state index is 13.7. The van der Waals surface area contributed by atoms with Crippen LogP contribution in [0.25, 0.3) is 0 Å². The molecular formula is C26H38N4O3. The molecule has 7 fully saturated rings. The van der Waals surface area contributed by atoms with Crippen molar-refractivity contribution in [3.63, 3.8) is 0 Å². The standard InChI is InChI=1S/C26H38N4O3/c1-24(2,29-5-3-4-6-29)23(32)33-26-12-16-7-17(13-26)11-25(10-16,15-26)21(28)22(31)30-19(14-27)8-18-9-20(18)30/h16-21H,3-13,15,28H2,1-2H3/t16-,17?,18?,19-,20?,21+,25?,26?/m0/s1. The topological polar surface area (TPSA) is 99.7 Å². The Hall–Kier alpha value is -1.65. The van der Waals surface area contributed by atoms with Crippen molar-refractivity contribution in [2.24, 2.45) is 28.9 Å². The molecule has 7 aliphatic rings. The first-order chi connectivity index (χ1) is 15.7. The van der Waals surface area contributed by atoms with Gasteiger partial charge in [-0.3, -0.25) is 14.5 Å². The minimum absolute atomic E-state index is 0.0348. The summed E-state index contributed by atoms with van der Waals surface area (Å²) in [6, 6.07) is 1.62. The molecule has 8 atom stereocenters. The Balaban J connectivity index is 1.23. The Kier molecular flexibility index (Phi) is 4.75. The molecule has 4 bridgehead atoms. The Labute approximate surface area is 197 Å². The van der Waals surface area contributed by atoms with Crippen LogP contribution in [0.3, 0.4) is 0 Å². The normalized spacial score (nSPS) is 44.4. The number of amides is 1. The summed E-state index contributed by atoms with van der Waals surface area (Å²) in [5, 5.41) is 9.60. The quantitative estimate of drug-likeness (QED) is 0.641. The Bertz CT molecular complexity index is 890. The molecule has 0 radical (unpaired) electrons. The van der Waals surface area contributed by atoms with Crippen LogP contribution >= 0.6 is 0 Å². The van der Waals surface area contributed by atoms with E-state index in [0.717, 1.165) is 70.9 Å². The van der Waals surface area contributed by atoms with Gasteiger partial charge >= 0.3 is 5.97 Å². The molecule has 5 unspecified atom stereocenters. The average Bonchev–Trinajstić information content (AvgIpc) is 3.15. The monoisotopic (exact) mass is 454 g/mol. The Morgan fingerprint density at radius 3 is 2.39 bits per heavy atom. The van der Waals surface area contributed by atoms with Gasteiger partial charge in [0.25, 0.3) is 0 Å². The highest BCUT2D eigenvalue weighted by Gasteiger charge is 2.64. The molecule has 0 aromatic heterocycles. The lowest BCUT2D eigenvalue weighted by atomic mass is 9.46. The van der Waals surface area contributed by atoms with Crippen molar-refractivity contribution in [1.29, 1.82) is 5.26 Å². The SMILES string of the molecule is CC(C)(C(=O)OC12CC3C[C@H](C1)CC([C@H](N)C(=O)N1C4CC4C[C@H]1C#N)(C3)C2)N1CCCC1. The summed E-state index contributed by atoms with van der Waals surface area (Å²) in [4.78, 5) is 31.2. The summed E-state index contributed by atoms with van der Waals surface area (Å²) in [5.41, 5.74) is 5.39. The highest BCUT2D eigenvalue weighted by Crippen LogP contribution is 2.64. The lowest BCUT2D eigenvalue weighted by Gasteiger charge is -2.63. The number of hydrogen-bond acceptors (Lipinski definition) is 6. The lowest BCUT2D eigenvalue weighted by molar-refractivity contribution is -0.213. The number of ether oxygens (including phenoxy) is 1. The van der Waals surface area contributed by atoms with Crippen LogP contribution in [0.15, 0.2) is 0 Å². The van der Waals surface area contributed by atoms with Gasteiger partial charge in [-0.25, -0.2) is 0 Å². The third-order valence-corrected chi connectivity index (χ3v) is 10.2. The molecule has 2 aliphatic heterocycles. The van der Waals surface area contributed by atoms with Crippen molar-refractivity contribution in [1.82, 2.24) is 9.80 Å². The summed E-state index contributed by atoms with van der Waals surface area (Å²) in [6.45, 7) is 5.88. The zero-order valence-corrected chi connectivity index (χ0v) is 20.1. The fourth-order valence-corrected chi connectivity index (χ4v) is 8.77. The van der Waals surface area contributed by atoms with E-state index in [0.29, 0.717) is 24.2 Å². The fourth-order valence-electron chi connectivity index (χ4n) is 8.77. The number of piperidine rings is 1. The Morgan fingerprint density at radius 2 is 1.76 bits per heavy atom. The van der Waals surface area contributed by atoms with Crippen LogP contribution in [0.1, 0.15) is 78.1 Å². The second-order valence-corrected chi connectivity index (χ2v) is 12.8. The van der Waals surface area contributed by atoms with Crippen molar-refractivity contribution in [3.8, 4) is 6.07 Å². The molecule has 2 saturated heterocycles. The fraction of sp³-hybridized carbons (Fsp3) is 0.885. The number of likely N-dealkylation sites (tertiary alicyclic amines) is 2. The number of carbonyl (C=O) groups excluding carboxylic acids is 2. The second kappa shape index (κ2) is 7.18. The van der Waals surface area contributed by atoms with E-state index in [-0.39, 0.29) is 29.4 Å². The summed E-state index contributed by atoms with van der Waals surface area (Å²) in [5.74, 6) is 1.26. The van der Waals surface area contributed by atoms with Crippen LogP contribution < -0.4 is 5.73 Å². The zero-order chi connectivity index (χ0) is 23.2. The van der Waals surface area contributed by atoms with E-state index < -0.39 is 17.2 Å². The van der Waals surface area contributed by atoms with Crippen molar-refractivity contribution >= 4 is 11.9 Å². The number of hydrogen-bond donors (Lipinski definition) is 1. The van der Waals surface area contributed by atoms with Crippen LogP contribution in [-0.2, 0) is 14.3 Å². The number of fused-ring (bicyclic) bond motifs is 1. The molecule has 2 N–H and O–H groups in total. The van der Waals surface area contributed by atoms with E-state index in [2.05, 4.69) is 11.0 Å². The van der Waals surface area contributed by atoms with E-state index in [1.54, 1.807) is 0 Å². The molecule has 7 rings (SSSR count). The van der Waals surface area contributed by atoms with Gasteiger partial charge in [-0.2, -0.15) is 5.26 Å². The largest absolute Gasteiger partial charge is 0.458 e. The van der Waals surface area contributed by atoms with Gasteiger partial charge in [0, 0.05) is 6.04 Å². The summed E-state index contributed by atoms with van der Waals surface area (Å²) in [7, 11) is 0. The van der Waals surface area contributed by atoms with E-state index >= 15 is 0 Å². The zero-order valence-electron chi connectivity index (χ0n) is 20.1. The van der Waals surface area contributed by atoms with E-state index in [9.17, 15) is 14.9 Å². The number of nitrogens with two attached hydrogens (primary N) is 1. The molecule has 0 aromatic rings. The summed E-state index contributed by atoms with van der Waals surface area (Å²) in [6.07, 6.45) is 9.64. The molecule has 0 aromatic carbocycles. The molecule has 5 aliphatic carbocycles. The highest BCUT2D eigenvalue weighted by atomic mass is 16.6. The van der Waals surface area contributed by atoms with Gasteiger partial charge in [0.15, 0.2) is 0 Å². The summed E-state index contributed by atoms with van der Waals surface area (Å²) >= 11 is 0. The van der Waals surface area contributed by atoms with Crippen molar-refractivity contribution in [2.45, 2.75) is 107 Å². The molecule has 7 heteroatoms. The van der Waals surface area contributed by atoms with E-state index in [1.165, 1.54) is 0 Å². The van der Waals surface area contributed by atoms with E-state index in [4.69, 9.17) is 10.5 Å². The van der Waals surface area contributed by atoms with Gasteiger partial charge in [-0.1, -0.05) is 0 Å². The van der Waals surface area contributed by atoms with Gasteiger partial charge in [-0.15, -0.1) is 0 Å². The van der Waals surface area contributed by atoms with Gasteiger partial charge < -0.3 is 15.4 Å². The van der Waals surface area contributed by atoms with Crippen molar-refractivity contribution in [3.05, 3.63) is 0 Å². The van der Waals surface area contributed by atoms with Crippen LogP contribution in [0.5, 0.6) is 0 Å². The molecular weight excluding hydrogens is 416 g/mol. The van der Waals surface area contributed by atoms with Crippen molar-refractivity contribution < 1.29 is 14.3 Å². The van der Waals surface area contributed by atoms with Gasteiger partial charge in [0.2, 0.25) is 5.91 Å². The minimum Gasteiger partial charge on any atom is -0.458 e. The second-order valence-electron chi connectivity index (χ2n) is 12.8. The molecule has 7 nitrogen and oxygen atoms in total. The highest BCUT2D eigenvalue weighted by molar-refractivity contribution is 5.85. The van der Waals surface area contributed by atoms with Crippen LogP contribution in [0, 0.1) is 34.5 Å². The molecule has 180 valence electrons. The third kappa shape index (κ3) is 3.27. The first-order valence-electron chi connectivity index (χ1n) is 13.1. The predicted octanol–water partition coefficient (Wildman–Crippen LogP) is 2.58. The van der Waals surface area contributed by atoms with Crippen LogP contribution in [-0.4, -0.2) is 64.0 Å². The summed E-state index contributed by atoms with van der Waals surface area (Å²) < 4.78 is 6.47. The molecule has 0 spiro atoms. The predicted molar refractivity (Wildman–Crippen MR) is 122 cm³/mol. The average molecular weight is 455 g/mol. The number of rotatable bonds is 5. The smallest absolute Gasteiger partial charge is 0.326 e. The first kappa shape index (κ1) is 21.9. The third-order valence-electron chi connectivity index (χ3n) is 10.2. The van der Waals surface area contributed by atoms with Gasteiger partial charge in [0.1, 0.15) is 17.2 Å². The maximum atomic E-state index is 13.7. The van der Waals surface area contributed by atoms with Gasteiger partial charge in [-0.05, 0) is 114 Å². The maximum Gasteiger partial charge on any atom is 0.326 e. The number of nitriles is 1. The van der Waals surface area contributed by atoms with Crippen LogP contribution in [0.4, 0.5) is 0 Å². The Morgan fingerprint density at radius 1 is 1.09 bits per heavy atom. The molecule has 33 heavy (non-hydrogen) atoms. The molecule has 5 saturated carbocycles. The number of carbonyl (C=O) groups is 2. The van der Waals surface area contributed by atoms with E-state index in [1.807, 2.05) is 18.7 Å². The number of nitrogens with zero attached hydrogens (tertiary/aromatic N) is 3. The molecule has 1 amide bonds. The number of esters is 1.